The molecule has 8 heteroatoms. The molecule has 0 amide bonds. The van der Waals surface area contributed by atoms with Gasteiger partial charge in [-0.15, -0.1) is 11.6 Å². The normalized spacial score (nSPS) is 13.0. The van der Waals surface area contributed by atoms with Gasteiger partial charge in [0.05, 0.1) is 16.9 Å². The molecule has 0 bridgehead atoms. The van der Waals surface area contributed by atoms with Crippen LogP contribution >= 0.6 is 23.2 Å². The molecule has 3 heterocycles. The Balaban J connectivity index is 2.13. The number of rotatable bonds is 3. The molecule has 0 spiro atoms. The largest absolute Gasteiger partial charge is 0.340 e. The van der Waals surface area contributed by atoms with Crippen molar-refractivity contribution in [2.45, 2.75) is 25.8 Å². The Hall–Kier alpha value is -1.66. The van der Waals surface area contributed by atoms with E-state index in [0.29, 0.717) is 40.3 Å². The van der Waals surface area contributed by atoms with Gasteiger partial charge in [-0.3, -0.25) is 0 Å². The zero-order valence-corrected chi connectivity index (χ0v) is 12.4. The number of hydrogen-bond acceptors (Lipinski definition) is 5. The summed E-state index contributed by atoms with van der Waals surface area (Å²) in [6.45, 7) is 3.99. The number of aromatic nitrogens is 5. The molecule has 6 nitrogen and oxygen atoms in total. The second-order valence-corrected chi connectivity index (χ2v) is 5.49. The second kappa shape index (κ2) is 5.03. The maximum atomic E-state index is 6.18. The molecular weight excluding hydrogens is 301 g/mol. The molecule has 0 N–H and O–H groups in total. The number of halogens is 2. The molecule has 1 atom stereocenters. The lowest BCUT2D eigenvalue weighted by Gasteiger charge is -2.07. The van der Waals surface area contributed by atoms with Crippen LogP contribution in [0.25, 0.3) is 11.2 Å². The third-order valence-electron chi connectivity index (χ3n) is 2.81. The minimum absolute atomic E-state index is 0.268. The van der Waals surface area contributed by atoms with Gasteiger partial charge in [-0.2, -0.15) is 4.98 Å². The third kappa shape index (κ3) is 2.36. The van der Waals surface area contributed by atoms with Crippen LogP contribution in [0, 0.1) is 6.92 Å². The zero-order chi connectivity index (χ0) is 14.3. The number of alkyl halides is 1. The maximum absolute atomic E-state index is 6.18. The summed E-state index contributed by atoms with van der Waals surface area (Å²) in [5.74, 6) is 1.76. The Morgan fingerprint density at radius 2 is 2.20 bits per heavy atom. The number of fused-ring (bicyclic) bond motifs is 1. The van der Waals surface area contributed by atoms with Crippen LogP contribution in [0.2, 0.25) is 5.02 Å². The Bertz CT molecular complexity index is 764. The van der Waals surface area contributed by atoms with Crippen LogP contribution in [0.4, 0.5) is 0 Å². The van der Waals surface area contributed by atoms with Crippen molar-refractivity contribution in [2.24, 2.45) is 0 Å². The average molecular weight is 312 g/mol. The topological polar surface area (TPSA) is 69.6 Å². The highest BCUT2D eigenvalue weighted by atomic mass is 35.5. The summed E-state index contributed by atoms with van der Waals surface area (Å²) in [5, 5.41) is 4.15. The fourth-order valence-corrected chi connectivity index (χ4v) is 2.33. The van der Waals surface area contributed by atoms with Gasteiger partial charge < -0.3 is 9.09 Å². The van der Waals surface area contributed by atoms with Crippen molar-refractivity contribution >= 4 is 34.4 Å². The molecule has 0 aliphatic carbocycles. The first-order chi connectivity index (χ1) is 9.54. The van der Waals surface area contributed by atoms with Crippen LogP contribution in [-0.4, -0.2) is 24.7 Å². The SMILES string of the molecule is Cc1nc(Cn2c(C(C)Cl)nc3cc(Cl)cnc32)no1. The molecule has 0 saturated carbocycles. The van der Waals surface area contributed by atoms with Crippen molar-refractivity contribution in [2.75, 3.05) is 0 Å². The van der Waals surface area contributed by atoms with E-state index in [1.165, 1.54) is 0 Å². The van der Waals surface area contributed by atoms with Crippen LogP contribution < -0.4 is 0 Å². The lowest BCUT2D eigenvalue weighted by molar-refractivity contribution is 0.386. The first kappa shape index (κ1) is 13.3. The third-order valence-corrected chi connectivity index (χ3v) is 3.21. The lowest BCUT2D eigenvalue weighted by Crippen LogP contribution is -2.07. The second-order valence-electron chi connectivity index (χ2n) is 4.40. The Labute approximate surface area is 124 Å². The standard InChI is InChI=1S/C12H11Cl2N5O/c1-6(13)11-17-9-3-8(14)4-15-12(9)19(11)5-10-16-7(2)20-18-10/h3-4,6H,5H2,1-2H3. The van der Waals surface area contributed by atoms with Crippen molar-refractivity contribution in [3.05, 3.63) is 34.8 Å². The van der Waals surface area contributed by atoms with E-state index in [-0.39, 0.29) is 5.38 Å². The molecule has 104 valence electrons. The van der Waals surface area contributed by atoms with Gasteiger partial charge in [-0.1, -0.05) is 16.8 Å². The maximum Gasteiger partial charge on any atom is 0.223 e. The highest BCUT2D eigenvalue weighted by molar-refractivity contribution is 6.31. The van der Waals surface area contributed by atoms with Crippen LogP contribution in [0.15, 0.2) is 16.8 Å². The van der Waals surface area contributed by atoms with E-state index >= 15 is 0 Å². The van der Waals surface area contributed by atoms with E-state index in [1.807, 2.05) is 11.5 Å². The van der Waals surface area contributed by atoms with E-state index in [4.69, 9.17) is 27.7 Å². The molecule has 3 aromatic heterocycles. The summed E-state index contributed by atoms with van der Waals surface area (Å²) in [4.78, 5) is 13.0. The summed E-state index contributed by atoms with van der Waals surface area (Å²) in [7, 11) is 0. The summed E-state index contributed by atoms with van der Waals surface area (Å²) in [5.41, 5.74) is 1.39. The van der Waals surface area contributed by atoms with Gasteiger partial charge >= 0.3 is 0 Å². The molecule has 0 fully saturated rings. The van der Waals surface area contributed by atoms with Gasteiger partial charge in [0.2, 0.25) is 5.89 Å². The van der Waals surface area contributed by atoms with Crippen LogP contribution in [-0.2, 0) is 6.54 Å². The van der Waals surface area contributed by atoms with Gasteiger partial charge in [-0.05, 0) is 13.0 Å². The van der Waals surface area contributed by atoms with E-state index in [0.717, 1.165) is 0 Å². The zero-order valence-electron chi connectivity index (χ0n) is 10.8. The molecular formula is C12H11Cl2N5O. The molecule has 0 saturated heterocycles. The summed E-state index contributed by atoms with van der Waals surface area (Å²) in [6, 6.07) is 1.75. The molecule has 0 radical (unpaired) electrons. The number of hydrogen-bond donors (Lipinski definition) is 0. The van der Waals surface area contributed by atoms with Crippen LogP contribution in [0.5, 0.6) is 0 Å². The number of nitrogens with zero attached hydrogens (tertiary/aromatic N) is 5. The Morgan fingerprint density at radius 3 is 2.85 bits per heavy atom. The Morgan fingerprint density at radius 1 is 1.40 bits per heavy atom. The van der Waals surface area contributed by atoms with E-state index < -0.39 is 0 Å². The van der Waals surface area contributed by atoms with Gasteiger partial charge in [0, 0.05) is 13.1 Å². The predicted octanol–water partition coefficient (Wildman–Crippen LogP) is 3.12. The minimum atomic E-state index is -0.268. The van der Waals surface area contributed by atoms with Crippen LogP contribution in [0.3, 0.4) is 0 Å². The Kier molecular flexibility index (Phi) is 3.35. The predicted molar refractivity (Wildman–Crippen MR) is 74.9 cm³/mol. The number of imidazole rings is 1. The fourth-order valence-electron chi connectivity index (χ4n) is 2.01. The lowest BCUT2D eigenvalue weighted by atomic mass is 10.4. The van der Waals surface area contributed by atoms with Gasteiger partial charge in [-0.25, -0.2) is 9.97 Å². The molecule has 1 unspecified atom stereocenters. The van der Waals surface area contributed by atoms with E-state index in [9.17, 15) is 0 Å². The van der Waals surface area contributed by atoms with Crippen LogP contribution in [0.1, 0.15) is 29.8 Å². The molecule has 0 aliphatic rings. The average Bonchev–Trinajstić information content (AvgIpc) is 2.94. The molecule has 3 aromatic rings. The summed E-state index contributed by atoms with van der Waals surface area (Å²) < 4.78 is 6.84. The van der Waals surface area contributed by atoms with Crippen molar-refractivity contribution in [1.29, 1.82) is 0 Å². The highest BCUT2D eigenvalue weighted by Gasteiger charge is 2.18. The molecule has 0 aromatic carbocycles. The quantitative estimate of drug-likeness (QED) is 0.695. The highest BCUT2D eigenvalue weighted by Crippen LogP contribution is 2.25. The van der Waals surface area contributed by atoms with Crippen molar-refractivity contribution < 1.29 is 4.52 Å². The number of pyridine rings is 1. The number of aryl methyl sites for hydroxylation is 1. The molecule has 0 aliphatic heterocycles. The summed E-state index contributed by atoms with van der Waals surface area (Å²) in [6.07, 6.45) is 1.58. The van der Waals surface area contributed by atoms with Crippen molar-refractivity contribution in [1.82, 2.24) is 24.7 Å². The van der Waals surface area contributed by atoms with Gasteiger partial charge in [0.1, 0.15) is 11.3 Å². The minimum Gasteiger partial charge on any atom is -0.340 e. The fraction of sp³-hybridized carbons (Fsp3) is 0.333. The molecule has 3 rings (SSSR count). The monoisotopic (exact) mass is 311 g/mol. The van der Waals surface area contributed by atoms with Gasteiger partial charge in [0.15, 0.2) is 11.5 Å². The smallest absolute Gasteiger partial charge is 0.223 e. The van der Waals surface area contributed by atoms with Gasteiger partial charge in [0.25, 0.3) is 0 Å². The first-order valence-electron chi connectivity index (χ1n) is 5.99. The van der Waals surface area contributed by atoms with Crippen molar-refractivity contribution in [3.8, 4) is 0 Å². The molecule has 20 heavy (non-hydrogen) atoms. The van der Waals surface area contributed by atoms with E-state index in [1.54, 1.807) is 19.2 Å². The van der Waals surface area contributed by atoms with Crippen molar-refractivity contribution in [3.63, 3.8) is 0 Å². The summed E-state index contributed by atoms with van der Waals surface area (Å²) >= 11 is 12.1. The first-order valence-corrected chi connectivity index (χ1v) is 6.81. The van der Waals surface area contributed by atoms with E-state index in [2.05, 4.69) is 20.1 Å².